The lowest BCUT2D eigenvalue weighted by Crippen LogP contribution is -2.41. The Morgan fingerprint density at radius 2 is 1.77 bits per heavy atom. The third-order valence-electron chi connectivity index (χ3n) is 7.62. The molecule has 0 spiro atoms. The molecule has 3 fully saturated rings. The maximum absolute atomic E-state index is 13.0. The summed E-state index contributed by atoms with van der Waals surface area (Å²) in [6, 6.07) is 2.15. The summed E-state index contributed by atoms with van der Waals surface area (Å²) in [4.78, 5) is 24.5. The summed E-state index contributed by atoms with van der Waals surface area (Å²) in [5.41, 5.74) is 1.44. The van der Waals surface area contributed by atoms with E-state index in [1.165, 1.54) is 18.2 Å². The molecule has 10 heteroatoms. The van der Waals surface area contributed by atoms with E-state index < -0.39 is 10.0 Å². The van der Waals surface area contributed by atoms with Gasteiger partial charge in [0.25, 0.3) is 5.56 Å². The number of fused-ring (bicyclic) bond motifs is 1. The van der Waals surface area contributed by atoms with Crippen molar-refractivity contribution in [3.05, 3.63) is 39.7 Å². The van der Waals surface area contributed by atoms with Crippen molar-refractivity contribution in [1.82, 2.24) is 23.7 Å². The summed E-state index contributed by atoms with van der Waals surface area (Å²) in [7, 11) is -3.40. The Bertz CT molecular complexity index is 1240. The molecule has 1 N–H and O–H groups in total. The molecule has 0 bridgehead atoms. The van der Waals surface area contributed by atoms with Crippen LogP contribution in [0.15, 0.2) is 28.5 Å². The molecular weight excluding hydrogens is 464 g/mol. The lowest BCUT2D eigenvalue weighted by molar-refractivity contribution is 0.332. The molecule has 0 amide bonds. The van der Waals surface area contributed by atoms with Gasteiger partial charge in [-0.2, -0.15) is 9.29 Å². The number of aromatic nitrogens is 3. The normalized spacial score (nSPS) is 21.5. The largest absolute Gasteiger partial charge is 0.351 e. The number of pyridine rings is 1. The molecule has 0 atom stereocenters. The molecule has 9 nitrogen and oxygen atoms in total. The van der Waals surface area contributed by atoms with Gasteiger partial charge in [0.15, 0.2) is 0 Å². The second-order valence-corrected chi connectivity index (χ2v) is 12.0. The molecule has 2 aromatic rings. The highest BCUT2D eigenvalue weighted by Gasteiger charge is 2.27. The number of hydrogen-bond donors (Lipinski definition) is 1. The van der Waals surface area contributed by atoms with Crippen molar-refractivity contribution in [1.29, 1.82) is 0 Å². The summed E-state index contributed by atoms with van der Waals surface area (Å²) in [5.74, 6) is 0.499. The molecule has 0 radical (unpaired) electrons. The van der Waals surface area contributed by atoms with Gasteiger partial charge >= 0.3 is 0 Å². The topological polar surface area (TPSA) is 100 Å². The molecule has 190 valence electrons. The van der Waals surface area contributed by atoms with Crippen molar-refractivity contribution >= 4 is 27.0 Å². The number of nitrogens with zero attached hydrogens (tertiary/aromatic N) is 5. The molecule has 0 aromatic carbocycles. The van der Waals surface area contributed by atoms with Crippen LogP contribution in [0.4, 0.5) is 5.95 Å². The van der Waals surface area contributed by atoms with Crippen molar-refractivity contribution < 1.29 is 8.42 Å². The van der Waals surface area contributed by atoms with Gasteiger partial charge in [-0.3, -0.25) is 14.3 Å². The Labute approximate surface area is 207 Å². The quantitative estimate of drug-likeness (QED) is 0.624. The molecule has 35 heavy (non-hydrogen) atoms. The number of nitrogens with one attached hydrogen (secondary N) is 1. The highest BCUT2D eigenvalue weighted by atomic mass is 32.2. The number of sulfonamides is 1. The number of rotatable bonds is 7. The Morgan fingerprint density at radius 1 is 1.06 bits per heavy atom. The van der Waals surface area contributed by atoms with Gasteiger partial charge in [0, 0.05) is 54.3 Å². The summed E-state index contributed by atoms with van der Waals surface area (Å²) in [5, 5.41) is 5.64. The molecule has 1 aliphatic carbocycles. The highest BCUT2D eigenvalue weighted by molar-refractivity contribution is 7.92. The number of piperidine rings is 1. The van der Waals surface area contributed by atoms with Crippen LogP contribution in [0.25, 0.3) is 11.0 Å². The van der Waals surface area contributed by atoms with Crippen LogP contribution >= 0.6 is 0 Å². The lowest BCUT2D eigenvalue weighted by Gasteiger charge is -2.30. The first kappa shape index (κ1) is 24.4. The molecule has 2 aromatic heterocycles. The van der Waals surface area contributed by atoms with E-state index in [0.29, 0.717) is 44.1 Å². The van der Waals surface area contributed by atoms with Crippen molar-refractivity contribution in [2.24, 2.45) is 0 Å². The molecule has 5 rings (SSSR count). The van der Waals surface area contributed by atoms with E-state index in [1.807, 2.05) is 17.6 Å². The van der Waals surface area contributed by atoms with E-state index >= 15 is 0 Å². The first-order valence-corrected chi connectivity index (χ1v) is 14.5. The average molecular weight is 501 g/mol. The van der Waals surface area contributed by atoms with Gasteiger partial charge in [-0.15, -0.1) is 0 Å². The minimum atomic E-state index is -3.40. The van der Waals surface area contributed by atoms with E-state index in [-0.39, 0.29) is 17.6 Å². The summed E-state index contributed by atoms with van der Waals surface area (Å²) in [6.45, 7) is 5.58. The monoisotopic (exact) mass is 500 g/mol. The molecule has 0 unspecified atom stereocenters. The fourth-order valence-electron chi connectivity index (χ4n) is 5.63. The van der Waals surface area contributed by atoms with Crippen LogP contribution in [-0.4, -0.2) is 70.9 Å². The van der Waals surface area contributed by atoms with Gasteiger partial charge in [-0.05, 0) is 64.6 Å². The second kappa shape index (κ2) is 10.4. The van der Waals surface area contributed by atoms with Gasteiger partial charge in [-0.1, -0.05) is 18.9 Å². The summed E-state index contributed by atoms with van der Waals surface area (Å²) < 4.78 is 28.9. The van der Waals surface area contributed by atoms with E-state index in [4.69, 9.17) is 4.98 Å². The van der Waals surface area contributed by atoms with Crippen LogP contribution in [0.5, 0.6) is 0 Å². The third kappa shape index (κ3) is 5.44. The van der Waals surface area contributed by atoms with Crippen molar-refractivity contribution in [2.75, 3.05) is 38.0 Å². The predicted octanol–water partition coefficient (Wildman–Crippen LogP) is 3.03. The molecule has 4 heterocycles. The number of anilines is 1. The van der Waals surface area contributed by atoms with E-state index in [0.717, 1.165) is 49.7 Å². The first-order valence-electron chi connectivity index (χ1n) is 13.0. The Kier molecular flexibility index (Phi) is 7.22. The molecule has 3 aliphatic rings. The van der Waals surface area contributed by atoms with Crippen molar-refractivity contribution in [3.8, 4) is 0 Å². The lowest BCUT2D eigenvalue weighted by atomic mass is 10.1. The zero-order valence-electron chi connectivity index (χ0n) is 20.5. The minimum absolute atomic E-state index is 0.0327. The minimum Gasteiger partial charge on any atom is -0.351 e. The SMILES string of the molecule is Cc1cc2cnc(NC3CCN(S(=O)(=O)/C=C/CN4CCCC4)CC3)nc2n(C2CCCC2)c1=O. The van der Waals surface area contributed by atoms with Gasteiger partial charge in [0.1, 0.15) is 5.65 Å². The second-order valence-electron chi connectivity index (χ2n) is 10.2. The average Bonchev–Trinajstić information content (AvgIpc) is 3.55. The molecule has 2 aliphatic heterocycles. The summed E-state index contributed by atoms with van der Waals surface area (Å²) >= 11 is 0. The Hall–Kier alpha value is -2.30. The van der Waals surface area contributed by atoms with E-state index in [1.54, 1.807) is 16.6 Å². The van der Waals surface area contributed by atoms with Crippen molar-refractivity contribution in [3.63, 3.8) is 0 Å². The Morgan fingerprint density at radius 3 is 2.49 bits per heavy atom. The van der Waals surface area contributed by atoms with Crippen molar-refractivity contribution in [2.45, 2.75) is 70.4 Å². The fourth-order valence-corrected chi connectivity index (χ4v) is 6.85. The number of hydrogen-bond acceptors (Lipinski definition) is 7. The summed E-state index contributed by atoms with van der Waals surface area (Å²) in [6.07, 6.45) is 11.6. The van der Waals surface area contributed by atoms with Crippen LogP contribution in [0, 0.1) is 6.92 Å². The zero-order valence-corrected chi connectivity index (χ0v) is 21.3. The smallest absolute Gasteiger partial charge is 0.255 e. The van der Waals surface area contributed by atoms with Crippen LogP contribution < -0.4 is 10.9 Å². The number of likely N-dealkylation sites (tertiary alicyclic amines) is 1. The zero-order chi connectivity index (χ0) is 24.4. The highest BCUT2D eigenvalue weighted by Crippen LogP contribution is 2.30. The molecule has 2 saturated heterocycles. The van der Waals surface area contributed by atoms with Crippen LogP contribution in [-0.2, 0) is 10.0 Å². The number of aryl methyl sites for hydroxylation is 1. The van der Waals surface area contributed by atoms with Gasteiger partial charge in [0.05, 0.1) is 0 Å². The van der Waals surface area contributed by atoms with Crippen LogP contribution in [0.2, 0.25) is 0 Å². The molecular formula is C25H36N6O3S. The maximum Gasteiger partial charge on any atom is 0.255 e. The van der Waals surface area contributed by atoms with Crippen LogP contribution in [0.1, 0.15) is 63.0 Å². The fraction of sp³-hybridized carbons (Fsp3) is 0.640. The van der Waals surface area contributed by atoms with Crippen LogP contribution in [0.3, 0.4) is 0 Å². The molecule has 1 saturated carbocycles. The van der Waals surface area contributed by atoms with E-state index in [9.17, 15) is 13.2 Å². The van der Waals surface area contributed by atoms with Gasteiger partial charge < -0.3 is 5.32 Å². The standard InChI is InChI=1S/C25H36N6O3S/c1-19-17-20-18-26-25(28-23(20)31(24(19)32)22-7-2-3-8-22)27-21-9-14-30(15-10-21)35(33,34)16-6-13-29-11-4-5-12-29/h6,16-18,21-22H,2-5,7-15H2,1H3,(H,26,27,28)/b16-6+. The van der Waals surface area contributed by atoms with Gasteiger partial charge in [-0.25, -0.2) is 13.4 Å². The first-order chi connectivity index (χ1) is 16.9. The predicted molar refractivity (Wildman–Crippen MR) is 138 cm³/mol. The Balaban J connectivity index is 1.24. The van der Waals surface area contributed by atoms with Gasteiger partial charge in [0.2, 0.25) is 16.0 Å². The van der Waals surface area contributed by atoms with E-state index in [2.05, 4.69) is 15.2 Å². The maximum atomic E-state index is 13.0. The third-order valence-corrected chi connectivity index (χ3v) is 9.24.